The zero-order valence-electron chi connectivity index (χ0n) is 17.4. The summed E-state index contributed by atoms with van der Waals surface area (Å²) in [5, 5.41) is 3.88. The molecule has 0 radical (unpaired) electrons. The molecule has 3 nitrogen and oxygen atoms in total. The van der Waals surface area contributed by atoms with Crippen LogP contribution in [0.15, 0.2) is 42.5 Å². The Balaban J connectivity index is 1.83. The topological polar surface area (TPSA) is 32.3 Å². The van der Waals surface area contributed by atoms with Gasteiger partial charge in [-0.1, -0.05) is 48.9 Å². The van der Waals surface area contributed by atoms with Crippen molar-refractivity contribution in [2.75, 3.05) is 13.1 Å². The summed E-state index contributed by atoms with van der Waals surface area (Å²) in [4.78, 5) is 15.2. The number of amides is 1. The minimum Gasteiger partial charge on any atom is -0.353 e. The largest absolute Gasteiger partial charge is 0.353 e. The van der Waals surface area contributed by atoms with Crippen LogP contribution in [-0.4, -0.2) is 29.9 Å². The lowest BCUT2D eigenvalue weighted by Crippen LogP contribution is -2.47. The van der Waals surface area contributed by atoms with Crippen molar-refractivity contribution in [2.45, 2.75) is 52.1 Å². The van der Waals surface area contributed by atoms with Crippen molar-refractivity contribution in [3.8, 4) is 0 Å². The van der Waals surface area contributed by atoms with Gasteiger partial charge in [0, 0.05) is 30.7 Å². The summed E-state index contributed by atoms with van der Waals surface area (Å²) in [5.41, 5.74) is 2.80. The average molecular weight is 417 g/mol. The summed E-state index contributed by atoms with van der Waals surface area (Å²) in [7, 11) is 0. The fraction of sp³-hybridized carbons (Fsp3) is 0.458. The molecule has 0 aliphatic carbocycles. The minimum absolute atomic E-state index is 0.101. The van der Waals surface area contributed by atoms with Crippen molar-refractivity contribution in [1.29, 1.82) is 0 Å². The van der Waals surface area contributed by atoms with Gasteiger partial charge in [0.1, 0.15) is 5.82 Å². The Hall–Kier alpha value is -1.91. The van der Waals surface area contributed by atoms with Crippen molar-refractivity contribution in [3.63, 3.8) is 0 Å². The zero-order valence-corrected chi connectivity index (χ0v) is 18.2. The van der Waals surface area contributed by atoms with Crippen molar-refractivity contribution in [2.24, 2.45) is 5.92 Å². The summed E-state index contributed by atoms with van der Waals surface area (Å²) >= 11 is 6.37. The molecule has 1 saturated heterocycles. The molecule has 1 N–H and O–H groups in total. The number of halogens is 2. The fourth-order valence-corrected chi connectivity index (χ4v) is 4.20. The third-order valence-electron chi connectivity index (χ3n) is 5.90. The first-order chi connectivity index (χ1) is 13.9. The van der Waals surface area contributed by atoms with Gasteiger partial charge >= 0.3 is 0 Å². The highest BCUT2D eigenvalue weighted by molar-refractivity contribution is 6.31. The quantitative estimate of drug-likeness (QED) is 0.692. The Morgan fingerprint density at radius 2 is 2.03 bits per heavy atom. The van der Waals surface area contributed by atoms with Crippen LogP contribution in [0, 0.1) is 18.7 Å². The van der Waals surface area contributed by atoms with Gasteiger partial charge in [0.25, 0.3) is 0 Å². The van der Waals surface area contributed by atoms with Gasteiger partial charge in [-0.25, -0.2) is 4.39 Å². The normalized spacial score (nSPS) is 21.0. The average Bonchev–Trinajstić information content (AvgIpc) is 2.71. The first-order valence-corrected chi connectivity index (χ1v) is 10.8. The molecule has 2 aromatic carbocycles. The van der Waals surface area contributed by atoms with Gasteiger partial charge in [-0.15, -0.1) is 0 Å². The van der Waals surface area contributed by atoms with Gasteiger partial charge in [-0.05, 0) is 61.4 Å². The van der Waals surface area contributed by atoms with Gasteiger partial charge < -0.3 is 5.32 Å². The third kappa shape index (κ3) is 5.58. The summed E-state index contributed by atoms with van der Waals surface area (Å²) in [5.74, 6) is -0.00981. The van der Waals surface area contributed by atoms with E-state index < -0.39 is 0 Å². The number of nitrogens with zero attached hydrogens (tertiary/aromatic N) is 1. The van der Waals surface area contributed by atoms with Crippen LogP contribution in [0.1, 0.15) is 49.3 Å². The molecule has 1 aliphatic heterocycles. The standard InChI is InChI=1S/C24H30ClFN2O/c1-4-17(3)27-24(29)21-12-20(18-9-10-23(26)16(2)11-18)14-28(15-21)13-19-7-5-6-8-22(19)25/h5-11,17,20-21H,4,12-15H2,1-3H3,(H,27,29)/t17-,20-,21-/m1/s1. The molecular formula is C24H30ClFN2O. The predicted molar refractivity (Wildman–Crippen MR) is 117 cm³/mol. The maximum Gasteiger partial charge on any atom is 0.224 e. The number of hydrogen-bond acceptors (Lipinski definition) is 2. The second-order valence-corrected chi connectivity index (χ2v) is 8.65. The number of carbonyl (C=O) groups excluding carboxylic acids is 1. The Labute approximate surface area is 178 Å². The summed E-state index contributed by atoms with van der Waals surface area (Å²) in [6, 6.07) is 13.3. The third-order valence-corrected chi connectivity index (χ3v) is 6.27. The summed E-state index contributed by atoms with van der Waals surface area (Å²) in [6.07, 6.45) is 1.68. The molecule has 0 saturated carbocycles. The van der Waals surface area contributed by atoms with Crippen molar-refractivity contribution < 1.29 is 9.18 Å². The Bertz CT molecular complexity index is 857. The molecule has 0 bridgehead atoms. The molecule has 29 heavy (non-hydrogen) atoms. The van der Waals surface area contributed by atoms with Crippen LogP contribution in [0.2, 0.25) is 5.02 Å². The number of piperidine rings is 1. The van der Waals surface area contributed by atoms with Crippen molar-refractivity contribution >= 4 is 17.5 Å². The number of aryl methyl sites for hydroxylation is 1. The second-order valence-electron chi connectivity index (χ2n) is 8.24. The van der Waals surface area contributed by atoms with Crippen LogP contribution in [0.4, 0.5) is 4.39 Å². The monoisotopic (exact) mass is 416 g/mol. The molecule has 5 heteroatoms. The highest BCUT2D eigenvalue weighted by atomic mass is 35.5. The molecule has 1 heterocycles. The van der Waals surface area contributed by atoms with Crippen LogP contribution >= 0.6 is 11.6 Å². The first-order valence-electron chi connectivity index (χ1n) is 10.4. The van der Waals surface area contributed by atoms with E-state index in [0.29, 0.717) is 18.7 Å². The van der Waals surface area contributed by atoms with Gasteiger partial charge in [0.15, 0.2) is 0 Å². The van der Waals surface area contributed by atoms with Crippen LogP contribution in [0.25, 0.3) is 0 Å². The van der Waals surface area contributed by atoms with E-state index in [9.17, 15) is 9.18 Å². The lowest BCUT2D eigenvalue weighted by molar-refractivity contribution is -0.127. The van der Waals surface area contributed by atoms with Crippen molar-refractivity contribution in [1.82, 2.24) is 10.2 Å². The Morgan fingerprint density at radius 1 is 1.28 bits per heavy atom. The van der Waals surface area contributed by atoms with E-state index in [1.807, 2.05) is 43.3 Å². The Kier molecular flexibility index (Phi) is 7.31. The number of benzene rings is 2. The number of nitrogens with one attached hydrogen (secondary N) is 1. The molecule has 1 amide bonds. The molecule has 3 atom stereocenters. The lowest BCUT2D eigenvalue weighted by Gasteiger charge is -2.38. The van der Waals surface area contributed by atoms with E-state index in [-0.39, 0.29) is 29.6 Å². The smallest absolute Gasteiger partial charge is 0.224 e. The maximum atomic E-state index is 13.8. The number of carbonyl (C=O) groups is 1. The number of hydrogen-bond donors (Lipinski definition) is 1. The van der Waals surface area contributed by atoms with Crippen LogP contribution in [0.5, 0.6) is 0 Å². The molecule has 156 valence electrons. The van der Waals surface area contributed by atoms with E-state index in [4.69, 9.17) is 11.6 Å². The molecule has 2 aromatic rings. The molecule has 0 spiro atoms. The SMILES string of the molecule is CC[C@@H](C)NC(=O)[C@@H]1C[C@@H](c2ccc(F)c(C)c2)CN(Cc2ccccc2Cl)C1. The lowest BCUT2D eigenvalue weighted by atomic mass is 9.83. The minimum atomic E-state index is -0.191. The fourth-order valence-electron chi connectivity index (χ4n) is 4.00. The van der Waals surface area contributed by atoms with Crippen LogP contribution < -0.4 is 5.32 Å². The van der Waals surface area contributed by atoms with Gasteiger partial charge in [-0.2, -0.15) is 0 Å². The van der Waals surface area contributed by atoms with Crippen molar-refractivity contribution in [3.05, 3.63) is 70.0 Å². The van der Waals surface area contributed by atoms with Crippen LogP contribution in [0.3, 0.4) is 0 Å². The highest BCUT2D eigenvalue weighted by Crippen LogP contribution is 2.33. The van der Waals surface area contributed by atoms with E-state index in [2.05, 4.69) is 17.1 Å². The molecule has 1 fully saturated rings. The summed E-state index contributed by atoms with van der Waals surface area (Å²) in [6.45, 7) is 8.11. The molecular weight excluding hydrogens is 387 g/mol. The number of likely N-dealkylation sites (tertiary alicyclic amines) is 1. The number of rotatable bonds is 6. The molecule has 0 aromatic heterocycles. The van der Waals surface area contributed by atoms with Gasteiger partial charge in [0.05, 0.1) is 5.92 Å². The predicted octanol–water partition coefficient (Wildman–Crippen LogP) is 5.31. The second kappa shape index (κ2) is 9.73. The van der Waals surface area contributed by atoms with Crippen LogP contribution in [-0.2, 0) is 11.3 Å². The Morgan fingerprint density at radius 3 is 2.72 bits per heavy atom. The zero-order chi connectivity index (χ0) is 21.0. The van der Waals surface area contributed by atoms with E-state index in [1.165, 1.54) is 6.07 Å². The molecule has 3 rings (SSSR count). The first kappa shape index (κ1) is 21.8. The highest BCUT2D eigenvalue weighted by Gasteiger charge is 2.33. The van der Waals surface area contributed by atoms with E-state index in [1.54, 1.807) is 6.92 Å². The van der Waals surface area contributed by atoms with Gasteiger partial charge in [0.2, 0.25) is 5.91 Å². The maximum absolute atomic E-state index is 13.8. The molecule has 1 aliphatic rings. The van der Waals surface area contributed by atoms with E-state index >= 15 is 0 Å². The van der Waals surface area contributed by atoms with E-state index in [0.717, 1.165) is 35.5 Å². The van der Waals surface area contributed by atoms with Gasteiger partial charge in [-0.3, -0.25) is 9.69 Å². The molecule has 0 unspecified atom stereocenters. The summed E-state index contributed by atoms with van der Waals surface area (Å²) < 4.78 is 13.8.